The van der Waals surface area contributed by atoms with Gasteiger partial charge >= 0.3 is 5.97 Å². The quantitative estimate of drug-likeness (QED) is 0.461. The summed E-state index contributed by atoms with van der Waals surface area (Å²) in [5.74, 6) is -1.06. The number of para-hydroxylation sites is 1. The summed E-state index contributed by atoms with van der Waals surface area (Å²) >= 11 is 0. The Kier molecular flexibility index (Phi) is 8.08. The number of ether oxygens (including phenoxy) is 3. The molecule has 1 heterocycles. The zero-order chi connectivity index (χ0) is 24.7. The topological polar surface area (TPSA) is 107 Å². The van der Waals surface area contributed by atoms with Crippen molar-refractivity contribution in [2.45, 2.75) is 39.0 Å². The average Bonchev–Trinajstić information content (AvgIpc) is 2.83. The van der Waals surface area contributed by atoms with Gasteiger partial charge in [0.05, 0.1) is 7.11 Å². The number of pyridine rings is 1. The molecule has 0 saturated carbocycles. The summed E-state index contributed by atoms with van der Waals surface area (Å²) in [5.41, 5.74) is 1.69. The van der Waals surface area contributed by atoms with Crippen LogP contribution in [0.25, 0.3) is 0 Å². The highest BCUT2D eigenvalue weighted by Gasteiger charge is 2.28. The summed E-state index contributed by atoms with van der Waals surface area (Å²) in [6.45, 7) is 5.21. The lowest BCUT2D eigenvalue weighted by Gasteiger charge is -2.27. The van der Waals surface area contributed by atoms with Gasteiger partial charge in [-0.15, -0.1) is 0 Å². The Balaban J connectivity index is 1.71. The molecule has 0 bridgehead atoms. The summed E-state index contributed by atoms with van der Waals surface area (Å²) in [7, 11) is 1.36. The van der Waals surface area contributed by atoms with Crippen molar-refractivity contribution in [2.75, 3.05) is 7.11 Å². The largest absolute Gasteiger partial charge is 0.503 e. The highest BCUT2D eigenvalue weighted by atomic mass is 16.6. The molecule has 3 rings (SSSR count). The Labute approximate surface area is 198 Å². The van der Waals surface area contributed by atoms with Crippen molar-refractivity contribution in [3.63, 3.8) is 0 Å². The van der Waals surface area contributed by atoms with Gasteiger partial charge in [0, 0.05) is 12.3 Å². The number of aromatic nitrogens is 1. The van der Waals surface area contributed by atoms with Crippen LogP contribution >= 0.6 is 0 Å². The number of hydrogen-bond acceptors (Lipinski definition) is 7. The summed E-state index contributed by atoms with van der Waals surface area (Å²) in [6.07, 6.45) is 0.0862. The Morgan fingerprint density at radius 1 is 1.00 bits per heavy atom. The van der Waals surface area contributed by atoms with Crippen molar-refractivity contribution in [3.05, 3.63) is 83.7 Å². The molecule has 3 atom stereocenters. The van der Waals surface area contributed by atoms with Crippen LogP contribution in [0.4, 0.5) is 0 Å². The lowest BCUT2D eigenvalue weighted by atomic mass is 10.0. The van der Waals surface area contributed by atoms with Gasteiger partial charge in [0.1, 0.15) is 17.9 Å². The fraction of sp³-hybridized carbons (Fsp3) is 0.269. The van der Waals surface area contributed by atoms with Gasteiger partial charge in [-0.3, -0.25) is 4.79 Å². The number of benzene rings is 2. The number of carbonyl (C=O) groups excluding carboxylic acids is 2. The number of nitrogens with zero attached hydrogens (tertiary/aromatic N) is 1. The normalized spacial score (nSPS) is 13.3. The molecule has 2 N–H and O–H groups in total. The van der Waals surface area contributed by atoms with Crippen LogP contribution in [0.1, 0.15) is 41.6 Å². The van der Waals surface area contributed by atoms with Crippen LogP contribution < -0.4 is 14.8 Å². The number of hydrogen-bond donors (Lipinski definition) is 2. The van der Waals surface area contributed by atoms with E-state index in [1.165, 1.54) is 26.3 Å². The molecule has 0 saturated heterocycles. The highest BCUT2D eigenvalue weighted by molar-refractivity contribution is 5.97. The Morgan fingerprint density at radius 3 is 2.32 bits per heavy atom. The molecule has 8 heteroatoms. The van der Waals surface area contributed by atoms with Gasteiger partial charge in [-0.05, 0) is 38.5 Å². The third-order valence-electron chi connectivity index (χ3n) is 5.16. The summed E-state index contributed by atoms with van der Waals surface area (Å²) in [6, 6.07) is 17.4. The van der Waals surface area contributed by atoms with E-state index in [0.29, 0.717) is 5.75 Å². The van der Waals surface area contributed by atoms with Crippen LogP contribution in [-0.4, -0.2) is 41.2 Å². The molecule has 1 amide bonds. The highest BCUT2D eigenvalue weighted by Crippen LogP contribution is 2.28. The van der Waals surface area contributed by atoms with Crippen LogP contribution in [0.5, 0.6) is 17.2 Å². The van der Waals surface area contributed by atoms with Crippen molar-refractivity contribution in [2.24, 2.45) is 0 Å². The monoisotopic (exact) mass is 464 g/mol. The molecule has 2 aromatic carbocycles. The van der Waals surface area contributed by atoms with E-state index >= 15 is 0 Å². The van der Waals surface area contributed by atoms with Gasteiger partial charge < -0.3 is 24.6 Å². The maximum atomic E-state index is 12.8. The van der Waals surface area contributed by atoms with Gasteiger partial charge in [0.15, 0.2) is 23.3 Å². The first-order valence-electron chi connectivity index (χ1n) is 10.8. The lowest BCUT2D eigenvalue weighted by molar-refractivity contribution is -0.154. The number of nitrogens with one attached hydrogen (secondary N) is 1. The molecule has 0 aliphatic heterocycles. The van der Waals surface area contributed by atoms with Crippen LogP contribution in [-0.2, 0) is 9.53 Å². The fourth-order valence-corrected chi connectivity index (χ4v) is 3.27. The molecule has 8 nitrogen and oxygen atoms in total. The molecule has 0 fully saturated rings. The number of carbonyl (C=O) groups is 2. The first kappa shape index (κ1) is 24.6. The molecule has 0 aliphatic carbocycles. The molecule has 3 aromatic rings. The summed E-state index contributed by atoms with van der Waals surface area (Å²) in [4.78, 5) is 29.2. The van der Waals surface area contributed by atoms with Gasteiger partial charge in [-0.1, -0.05) is 48.0 Å². The molecular weight excluding hydrogens is 436 g/mol. The van der Waals surface area contributed by atoms with Crippen molar-refractivity contribution in [1.29, 1.82) is 0 Å². The zero-order valence-corrected chi connectivity index (χ0v) is 19.5. The van der Waals surface area contributed by atoms with Crippen LogP contribution in [0, 0.1) is 6.92 Å². The molecule has 0 spiro atoms. The number of esters is 1. The first-order valence-corrected chi connectivity index (χ1v) is 10.8. The minimum Gasteiger partial charge on any atom is -0.503 e. The van der Waals surface area contributed by atoms with Gasteiger partial charge in [0.2, 0.25) is 0 Å². The average molecular weight is 465 g/mol. The van der Waals surface area contributed by atoms with Crippen LogP contribution in [0.3, 0.4) is 0 Å². The molecule has 2 unspecified atom stereocenters. The van der Waals surface area contributed by atoms with Crippen molar-refractivity contribution < 1.29 is 28.9 Å². The second-order valence-electron chi connectivity index (χ2n) is 7.81. The van der Waals surface area contributed by atoms with Crippen molar-refractivity contribution in [3.8, 4) is 17.2 Å². The SMILES string of the molecule is COc1ccnc(C(=O)N[C@@H](C)C(=O)OC(C)C(Oc2ccccc2)c2ccc(C)cc2)c1O. The molecule has 0 radical (unpaired) electrons. The predicted octanol–water partition coefficient (Wildman–Crippen LogP) is 3.97. The van der Waals surface area contributed by atoms with Crippen LogP contribution in [0.15, 0.2) is 66.9 Å². The summed E-state index contributed by atoms with van der Waals surface area (Å²) in [5, 5.41) is 12.6. The minimum atomic E-state index is -1.00. The van der Waals surface area contributed by atoms with E-state index in [9.17, 15) is 14.7 Å². The Bertz CT molecular complexity index is 1120. The number of aryl methyl sites for hydroxylation is 1. The number of rotatable bonds is 9. The van der Waals surface area contributed by atoms with Crippen molar-refractivity contribution in [1.82, 2.24) is 10.3 Å². The Hall–Kier alpha value is -4.07. The van der Waals surface area contributed by atoms with Gasteiger partial charge in [-0.25, -0.2) is 9.78 Å². The second-order valence-corrected chi connectivity index (χ2v) is 7.81. The van der Waals surface area contributed by atoms with E-state index in [1.54, 1.807) is 6.92 Å². The van der Waals surface area contributed by atoms with E-state index in [0.717, 1.165) is 11.1 Å². The third-order valence-corrected chi connectivity index (χ3v) is 5.16. The van der Waals surface area contributed by atoms with E-state index in [2.05, 4.69) is 10.3 Å². The molecular formula is C26H28N2O6. The maximum Gasteiger partial charge on any atom is 0.328 e. The standard InChI is InChI=1S/C26H28N2O6/c1-16-10-12-19(13-11-16)24(34-20-8-6-5-7-9-20)18(3)33-26(31)17(2)28-25(30)22-23(29)21(32-4)14-15-27-22/h5-15,17-18,24,29H,1-4H3,(H,28,30)/t17-,18?,24?/m0/s1. The first-order chi connectivity index (χ1) is 16.3. The predicted molar refractivity (Wildman–Crippen MR) is 126 cm³/mol. The molecule has 178 valence electrons. The van der Waals surface area contributed by atoms with Gasteiger partial charge in [-0.2, -0.15) is 0 Å². The summed E-state index contributed by atoms with van der Waals surface area (Å²) < 4.78 is 16.8. The number of aromatic hydroxyl groups is 1. The zero-order valence-electron chi connectivity index (χ0n) is 19.5. The second kappa shape index (κ2) is 11.2. The van der Waals surface area contributed by atoms with E-state index in [1.807, 2.05) is 61.5 Å². The van der Waals surface area contributed by atoms with E-state index in [4.69, 9.17) is 14.2 Å². The molecule has 0 aliphatic rings. The van der Waals surface area contributed by atoms with E-state index < -0.39 is 35.9 Å². The fourth-order valence-electron chi connectivity index (χ4n) is 3.27. The number of amides is 1. The molecule has 34 heavy (non-hydrogen) atoms. The molecule has 1 aromatic heterocycles. The third kappa shape index (κ3) is 6.04. The van der Waals surface area contributed by atoms with Crippen molar-refractivity contribution >= 4 is 11.9 Å². The van der Waals surface area contributed by atoms with Crippen LogP contribution in [0.2, 0.25) is 0 Å². The Morgan fingerprint density at radius 2 is 1.68 bits per heavy atom. The number of methoxy groups -OCH3 is 1. The maximum absolute atomic E-state index is 12.8. The smallest absolute Gasteiger partial charge is 0.328 e. The van der Waals surface area contributed by atoms with E-state index in [-0.39, 0.29) is 11.4 Å². The lowest BCUT2D eigenvalue weighted by Crippen LogP contribution is -2.42. The minimum absolute atomic E-state index is 0.100. The van der Waals surface area contributed by atoms with Gasteiger partial charge in [0.25, 0.3) is 5.91 Å².